The molecule has 140 valence electrons. The molecule has 0 bridgehead atoms. The first kappa shape index (κ1) is 19.2. The lowest BCUT2D eigenvalue weighted by molar-refractivity contribution is -0.140. The van der Waals surface area contributed by atoms with E-state index < -0.39 is 42.4 Å². The molecule has 2 atom stereocenters. The van der Waals surface area contributed by atoms with Gasteiger partial charge in [0.15, 0.2) is 0 Å². The minimum atomic E-state index is -1.33. The highest BCUT2D eigenvalue weighted by Gasteiger charge is 2.36. The van der Waals surface area contributed by atoms with E-state index >= 15 is 0 Å². The van der Waals surface area contributed by atoms with Gasteiger partial charge in [-0.3, -0.25) is 19.3 Å². The summed E-state index contributed by atoms with van der Waals surface area (Å²) in [6.07, 6.45) is -0.268. The number of hydrogen-bond acceptors (Lipinski definition) is 5. The second-order valence-corrected chi connectivity index (χ2v) is 5.95. The number of aliphatic carboxylic acids is 1. The van der Waals surface area contributed by atoms with Gasteiger partial charge in [0.1, 0.15) is 18.7 Å². The van der Waals surface area contributed by atoms with Crippen molar-refractivity contribution in [1.82, 2.24) is 10.2 Å². The van der Waals surface area contributed by atoms with Gasteiger partial charge in [-0.1, -0.05) is 30.3 Å². The predicted octanol–water partition coefficient (Wildman–Crippen LogP) is 0.232. The Morgan fingerprint density at radius 1 is 1.27 bits per heavy atom. The minimum absolute atomic E-state index is 0.0768. The van der Waals surface area contributed by atoms with Gasteiger partial charge in [0.2, 0.25) is 11.8 Å². The highest BCUT2D eigenvalue weighted by atomic mass is 16.6. The molecule has 0 unspecified atom stereocenters. The fourth-order valence-corrected chi connectivity index (χ4v) is 2.73. The highest BCUT2D eigenvalue weighted by Crippen LogP contribution is 2.19. The number of nitrogens with one attached hydrogen (secondary N) is 1. The molecule has 1 heterocycles. The molecule has 0 radical (unpaired) electrons. The number of rotatable bonds is 7. The number of hydrogen-bond donors (Lipinski definition) is 3. The lowest BCUT2D eigenvalue weighted by Gasteiger charge is -2.24. The van der Waals surface area contributed by atoms with Gasteiger partial charge in [-0.15, -0.1) is 0 Å². The molecular weight excluding hydrogens is 342 g/mol. The van der Waals surface area contributed by atoms with E-state index in [4.69, 9.17) is 15.6 Å². The molecule has 0 aromatic heterocycles. The Kier molecular flexibility index (Phi) is 6.54. The van der Waals surface area contributed by atoms with Crippen molar-refractivity contribution in [2.45, 2.75) is 38.0 Å². The first-order valence-corrected chi connectivity index (χ1v) is 8.17. The normalized spacial score (nSPS) is 17.4. The van der Waals surface area contributed by atoms with E-state index in [1.807, 2.05) is 30.3 Å². The van der Waals surface area contributed by atoms with Crippen molar-refractivity contribution in [2.24, 2.45) is 5.73 Å². The van der Waals surface area contributed by atoms with Gasteiger partial charge >= 0.3 is 12.1 Å². The van der Waals surface area contributed by atoms with E-state index in [0.717, 1.165) is 5.56 Å². The van der Waals surface area contributed by atoms with Crippen LogP contribution in [0.4, 0.5) is 4.79 Å². The van der Waals surface area contributed by atoms with Crippen molar-refractivity contribution in [1.29, 1.82) is 0 Å². The van der Waals surface area contributed by atoms with Gasteiger partial charge in [0.05, 0.1) is 6.42 Å². The molecule has 1 aliphatic heterocycles. The molecular formula is C17H21N3O6. The molecule has 1 aromatic carbocycles. The molecule has 1 aliphatic rings. The smallest absolute Gasteiger partial charge is 0.410 e. The maximum absolute atomic E-state index is 12.4. The van der Waals surface area contributed by atoms with E-state index in [1.54, 1.807) is 0 Å². The number of carbonyl (C=O) groups is 4. The standard InChI is InChI=1S/C17H21N3O6/c18-15(23)12(9-14(21)22)19-16(24)13-7-4-8-20(13)17(25)26-10-11-5-2-1-3-6-11/h1-3,5-6,12-13H,4,7-10H2,(H2,18,23)(H,19,24)(H,21,22)/t12-,13+/m0/s1. The average Bonchev–Trinajstić information content (AvgIpc) is 3.09. The Hall–Kier alpha value is -3.10. The lowest BCUT2D eigenvalue weighted by Crippen LogP contribution is -2.52. The van der Waals surface area contributed by atoms with Gasteiger partial charge in [-0.05, 0) is 18.4 Å². The zero-order valence-electron chi connectivity index (χ0n) is 14.1. The summed E-state index contributed by atoms with van der Waals surface area (Å²) >= 11 is 0. The molecule has 0 spiro atoms. The monoisotopic (exact) mass is 363 g/mol. The Balaban J connectivity index is 1.95. The number of nitrogens with two attached hydrogens (primary N) is 1. The summed E-state index contributed by atoms with van der Waals surface area (Å²) < 4.78 is 5.23. The van der Waals surface area contributed by atoms with Crippen LogP contribution in [0.3, 0.4) is 0 Å². The number of carboxylic acid groups (broad SMARTS) is 1. The number of benzene rings is 1. The van der Waals surface area contributed by atoms with Crippen LogP contribution in [0.1, 0.15) is 24.8 Å². The Morgan fingerprint density at radius 3 is 2.58 bits per heavy atom. The first-order chi connectivity index (χ1) is 12.4. The van der Waals surface area contributed by atoms with Crippen LogP contribution < -0.4 is 11.1 Å². The highest BCUT2D eigenvalue weighted by molar-refractivity contribution is 5.92. The molecule has 1 aromatic rings. The molecule has 0 saturated carbocycles. The molecule has 4 N–H and O–H groups in total. The summed E-state index contributed by atoms with van der Waals surface area (Å²) in [6, 6.07) is 6.95. The second-order valence-electron chi connectivity index (χ2n) is 5.95. The van der Waals surface area contributed by atoms with Crippen LogP contribution >= 0.6 is 0 Å². The van der Waals surface area contributed by atoms with Crippen molar-refractivity contribution in [2.75, 3.05) is 6.54 Å². The van der Waals surface area contributed by atoms with E-state index in [2.05, 4.69) is 5.32 Å². The average molecular weight is 363 g/mol. The molecule has 9 heteroatoms. The molecule has 2 rings (SSSR count). The number of ether oxygens (including phenoxy) is 1. The number of carbonyl (C=O) groups excluding carboxylic acids is 3. The van der Waals surface area contributed by atoms with Crippen molar-refractivity contribution >= 4 is 23.9 Å². The van der Waals surface area contributed by atoms with Gasteiger partial charge in [-0.2, -0.15) is 0 Å². The van der Waals surface area contributed by atoms with E-state index in [9.17, 15) is 19.2 Å². The Morgan fingerprint density at radius 2 is 1.96 bits per heavy atom. The van der Waals surface area contributed by atoms with Crippen molar-refractivity contribution in [3.63, 3.8) is 0 Å². The van der Waals surface area contributed by atoms with Gasteiger partial charge in [0, 0.05) is 6.54 Å². The number of likely N-dealkylation sites (tertiary alicyclic amines) is 1. The summed E-state index contributed by atoms with van der Waals surface area (Å²) in [5.74, 6) is -2.83. The molecule has 1 saturated heterocycles. The first-order valence-electron chi connectivity index (χ1n) is 8.17. The van der Waals surface area contributed by atoms with Gasteiger partial charge < -0.3 is 20.9 Å². The lowest BCUT2D eigenvalue weighted by atomic mass is 10.1. The van der Waals surface area contributed by atoms with Crippen LogP contribution in [0.25, 0.3) is 0 Å². The molecule has 9 nitrogen and oxygen atoms in total. The number of primary amides is 1. The quantitative estimate of drug-likeness (QED) is 0.634. The minimum Gasteiger partial charge on any atom is -0.481 e. The fraction of sp³-hybridized carbons (Fsp3) is 0.412. The van der Waals surface area contributed by atoms with Crippen LogP contribution in [0.2, 0.25) is 0 Å². The zero-order valence-corrected chi connectivity index (χ0v) is 14.1. The topological polar surface area (TPSA) is 139 Å². The third-order valence-corrected chi connectivity index (χ3v) is 4.03. The van der Waals surface area contributed by atoms with E-state index in [-0.39, 0.29) is 6.61 Å². The molecule has 1 fully saturated rings. The van der Waals surface area contributed by atoms with Crippen molar-refractivity contribution < 1.29 is 29.0 Å². The fourth-order valence-electron chi connectivity index (χ4n) is 2.73. The SMILES string of the molecule is NC(=O)[C@H](CC(=O)O)NC(=O)[C@H]1CCCN1C(=O)OCc1ccccc1. The summed E-state index contributed by atoms with van der Waals surface area (Å²) in [6.45, 7) is 0.416. The van der Waals surface area contributed by atoms with Crippen LogP contribution in [0.5, 0.6) is 0 Å². The third kappa shape index (κ3) is 5.20. The van der Waals surface area contributed by atoms with Crippen LogP contribution in [0.15, 0.2) is 30.3 Å². The van der Waals surface area contributed by atoms with Crippen LogP contribution in [-0.4, -0.2) is 52.5 Å². The number of carboxylic acids is 1. The van der Waals surface area contributed by atoms with Crippen molar-refractivity contribution in [3.8, 4) is 0 Å². The largest absolute Gasteiger partial charge is 0.481 e. The molecule has 0 aliphatic carbocycles. The van der Waals surface area contributed by atoms with Crippen LogP contribution in [0, 0.1) is 0 Å². The summed E-state index contributed by atoms with van der Waals surface area (Å²) in [5, 5.41) is 11.1. The summed E-state index contributed by atoms with van der Waals surface area (Å²) in [5.41, 5.74) is 5.93. The Labute approximate surface area is 150 Å². The maximum Gasteiger partial charge on any atom is 0.410 e. The second kappa shape index (κ2) is 8.84. The summed E-state index contributed by atoms with van der Waals surface area (Å²) in [4.78, 5) is 48.0. The van der Waals surface area contributed by atoms with Gasteiger partial charge in [-0.25, -0.2) is 4.79 Å². The van der Waals surface area contributed by atoms with Gasteiger partial charge in [0.25, 0.3) is 0 Å². The molecule has 26 heavy (non-hydrogen) atoms. The molecule has 3 amide bonds. The maximum atomic E-state index is 12.4. The Bertz CT molecular complexity index is 678. The van der Waals surface area contributed by atoms with Crippen LogP contribution in [-0.2, 0) is 25.7 Å². The van der Waals surface area contributed by atoms with E-state index in [0.29, 0.717) is 19.4 Å². The third-order valence-electron chi connectivity index (χ3n) is 4.03. The van der Waals surface area contributed by atoms with E-state index in [1.165, 1.54) is 4.90 Å². The predicted molar refractivity (Wildman–Crippen MR) is 89.7 cm³/mol. The zero-order chi connectivity index (χ0) is 19.1. The number of amides is 3. The van der Waals surface area contributed by atoms with Crippen molar-refractivity contribution in [3.05, 3.63) is 35.9 Å². The number of nitrogens with zero attached hydrogens (tertiary/aromatic N) is 1. The summed E-state index contributed by atoms with van der Waals surface area (Å²) in [7, 11) is 0.